The molecule has 2 aliphatic rings. The van der Waals surface area contributed by atoms with E-state index in [2.05, 4.69) is 44.7 Å². The first-order valence-electron chi connectivity index (χ1n) is 10.8. The predicted molar refractivity (Wildman–Crippen MR) is 131 cm³/mol. The average molecular weight is 534 g/mol. The van der Waals surface area contributed by atoms with Gasteiger partial charge in [0, 0.05) is 56.4 Å². The number of hydrogen-bond donors (Lipinski definition) is 2. The highest BCUT2D eigenvalue weighted by Gasteiger charge is 2.31. The lowest BCUT2D eigenvalue weighted by Gasteiger charge is -2.26. The van der Waals surface area contributed by atoms with Gasteiger partial charge in [-0.05, 0) is 19.3 Å². The molecule has 0 spiro atoms. The van der Waals surface area contributed by atoms with Gasteiger partial charge in [-0.1, -0.05) is 33.1 Å². The van der Waals surface area contributed by atoms with Crippen molar-refractivity contribution >= 4 is 47.2 Å². The fourth-order valence-electron chi connectivity index (χ4n) is 4.09. The molecular weight excluding hydrogens is 497 g/mol. The Morgan fingerprint density at radius 3 is 2.72 bits per heavy atom. The Hall–Kier alpha value is -0.900. The number of aromatic nitrogens is 1. The fraction of sp³-hybridized carbons (Fsp3) is 0.762. The number of nitrogens with zero attached hydrogens (tertiary/aromatic N) is 3. The summed E-state index contributed by atoms with van der Waals surface area (Å²) in [7, 11) is 1.80. The summed E-state index contributed by atoms with van der Waals surface area (Å²) >= 11 is 1.74. The third-order valence-corrected chi connectivity index (χ3v) is 6.95. The molecule has 29 heavy (non-hydrogen) atoms. The Kier molecular flexibility index (Phi) is 10.1. The maximum atomic E-state index is 12.7. The molecule has 3 rings (SSSR count). The molecule has 1 unspecified atom stereocenters. The number of thiazole rings is 1. The van der Waals surface area contributed by atoms with Crippen LogP contribution in [0.1, 0.15) is 69.0 Å². The Labute approximate surface area is 196 Å². The number of carbonyl (C=O) groups excluding carboxylic acids is 1. The molecule has 1 aromatic heterocycles. The number of hydrogen-bond acceptors (Lipinski definition) is 4. The Morgan fingerprint density at radius 2 is 2.07 bits per heavy atom. The van der Waals surface area contributed by atoms with Crippen molar-refractivity contribution in [3.63, 3.8) is 0 Å². The Balaban J connectivity index is 0.00000300. The summed E-state index contributed by atoms with van der Waals surface area (Å²) in [4.78, 5) is 23.8. The number of likely N-dealkylation sites (tertiary alicyclic amines) is 1. The van der Waals surface area contributed by atoms with Crippen molar-refractivity contribution in [3.8, 4) is 0 Å². The van der Waals surface area contributed by atoms with Crippen LogP contribution in [0.3, 0.4) is 0 Å². The third-order valence-electron chi connectivity index (χ3n) is 5.76. The van der Waals surface area contributed by atoms with Gasteiger partial charge in [0.1, 0.15) is 0 Å². The largest absolute Gasteiger partial charge is 0.356 e. The zero-order chi connectivity index (χ0) is 19.9. The van der Waals surface area contributed by atoms with Crippen molar-refractivity contribution in [1.29, 1.82) is 0 Å². The van der Waals surface area contributed by atoms with Gasteiger partial charge in [0.2, 0.25) is 5.91 Å². The number of amides is 1. The molecule has 1 amide bonds. The molecule has 8 heteroatoms. The first-order valence-corrected chi connectivity index (χ1v) is 11.6. The van der Waals surface area contributed by atoms with Gasteiger partial charge in [0.05, 0.1) is 10.7 Å². The van der Waals surface area contributed by atoms with Crippen molar-refractivity contribution < 1.29 is 4.79 Å². The minimum Gasteiger partial charge on any atom is -0.356 e. The third kappa shape index (κ3) is 7.08. The zero-order valence-electron chi connectivity index (χ0n) is 17.9. The van der Waals surface area contributed by atoms with Crippen LogP contribution in [-0.4, -0.2) is 54.5 Å². The monoisotopic (exact) mass is 533 g/mol. The Bertz CT molecular complexity index is 672. The lowest BCUT2D eigenvalue weighted by molar-refractivity contribution is -0.135. The van der Waals surface area contributed by atoms with Crippen LogP contribution in [0.2, 0.25) is 0 Å². The van der Waals surface area contributed by atoms with Crippen molar-refractivity contribution in [1.82, 2.24) is 20.5 Å². The van der Waals surface area contributed by atoms with Gasteiger partial charge < -0.3 is 15.5 Å². The number of carbonyl (C=O) groups is 1. The summed E-state index contributed by atoms with van der Waals surface area (Å²) < 4.78 is 0. The molecule has 2 fully saturated rings. The van der Waals surface area contributed by atoms with Gasteiger partial charge in [-0.2, -0.15) is 0 Å². The lowest BCUT2D eigenvalue weighted by atomic mass is 9.88. The lowest BCUT2D eigenvalue weighted by Crippen LogP contribution is -2.46. The van der Waals surface area contributed by atoms with Gasteiger partial charge in [-0.15, -0.1) is 35.3 Å². The highest BCUT2D eigenvalue weighted by Crippen LogP contribution is 2.26. The van der Waals surface area contributed by atoms with Gasteiger partial charge in [0.25, 0.3) is 0 Å². The molecule has 0 radical (unpaired) electrons. The van der Waals surface area contributed by atoms with Gasteiger partial charge in [0.15, 0.2) is 5.96 Å². The molecule has 6 nitrogen and oxygen atoms in total. The number of aliphatic imine (C=N–C) groups is 1. The molecule has 0 bridgehead atoms. The van der Waals surface area contributed by atoms with Gasteiger partial charge in [-0.25, -0.2) is 4.98 Å². The summed E-state index contributed by atoms with van der Waals surface area (Å²) in [6.45, 7) is 6.81. The van der Waals surface area contributed by atoms with Crippen molar-refractivity contribution in [2.45, 2.75) is 70.8 Å². The topological polar surface area (TPSA) is 69.6 Å². The van der Waals surface area contributed by atoms with Crippen LogP contribution in [0.5, 0.6) is 0 Å². The van der Waals surface area contributed by atoms with Crippen LogP contribution in [0.25, 0.3) is 0 Å². The van der Waals surface area contributed by atoms with Crippen LogP contribution < -0.4 is 10.6 Å². The maximum Gasteiger partial charge on any atom is 0.225 e. The van der Waals surface area contributed by atoms with E-state index in [4.69, 9.17) is 0 Å². The van der Waals surface area contributed by atoms with E-state index in [-0.39, 0.29) is 35.9 Å². The van der Waals surface area contributed by atoms with E-state index in [1.54, 1.807) is 18.4 Å². The molecule has 1 aliphatic carbocycles. The first kappa shape index (κ1) is 24.4. The number of halogens is 1. The van der Waals surface area contributed by atoms with Crippen LogP contribution in [0.15, 0.2) is 10.4 Å². The van der Waals surface area contributed by atoms with Crippen LogP contribution in [0, 0.1) is 5.92 Å². The molecule has 1 saturated carbocycles. The molecule has 2 N–H and O–H groups in total. The average Bonchev–Trinajstić information content (AvgIpc) is 3.37. The molecule has 1 aromatic rings. The molecule has 1 aliphatic heterocycles. The summed E-state index contributed by atoms with van der Waals surface area (Å²) in [5.41, 5.74) is 1.14. The summed E-state index contributed by atoms with van der Waals surface area (Å²) in [6, 6.07) is 0.283. The van der Waals surface area contributed by atoms with E-state index >= 15 is 0 Å². The van der Waals surface area contributed by atoms with Crippen LogP contribution >= 0.6 is 35.3 Å². The van der Waals surface area contributed by atoms with E-state index in [0.29, 0.717) is 11.8 Å². The highest BCUT2D eigenvalue weighted by atomic mass is 127. The quantitative estimate of drug-likeness (QED) is 0.332. The fourth-order valence-corrected chi connectivity index (χ4v) is 4.96. The molecule has 164 valence electrons. The highest BCUT2D eigenvalue weighted by molar-refractivity contribution is 14.0. The van der Waals surface area contributed by atoms with E-state index < -0.39 is 0 Å². The van der Waals surface area contributed by atoms with Gasteiger partial charge in [-0.3, -0.25) is 9.79 Å². The molecular formula is C21H36IN5OS. The predicted octanol–water partition coefficient (Wildman–Crippen LogP) is 3.77. The standard InChI is InChI=1S/C21H35N5OS.HI/c1-15(2)19-24-18(14-28-19)9-11-23-21(22-3)25-17-10-12-26(13-17)20(27)16-7-5-4-6-8-16;/h14-17H,4-13H2,1-3H3,(H2,22,23,25);1H. The number of guanidine groups is 1. The minimum absolute atomic E-state index is 0. The van der Waals surface area contributed by atoms with E-state index in [9.17, 15) is 4.79 Å². The molecule has 1 atom stereocenters. The Morgan fingerprint density at radius 1 is 1.31 bits per heavy atom. The smallest absolute Gasteiger partial charge is 0.225 e. The zero-order valence-corrected chi connectivity index (χ0v) is 21.1. The van der Waals surface area contributed by atoms with E-state index in [0.717, 1.165) is 57.0 Å². The van der Waals surface area contributed by atoms with Crippen LogP contribution in [0.4, 0.5) is 0 Å². The number of rotatable bonds is 6. The molecule has 2 heterocycles. The van der Waals surface area contributed by atoms with E-state index in [1.165, 1.54) is 24.3 Å². The van der Waals surface area contributed by atoms with Crippen molar-refractivity contribution in [2.24, 2.45) is 10.9 Å². The van der Waals surface area contributed by atoms with Gasteiger partial charge >= 0.3 is 0 Å². The molecule has 0 aromatic carbocycles. The summed E-state index contributed by atoms with van der Waals surface area (Å²) in [6.07, 6.45) is 7.73. The number of nitrogens with one attached hydrogen (secondary N) is 2. The van der Waals surface area contributed by atoms with Crippen LogP contribution in [-0.2, 0) is 11.2 Å². The summed E-state index contributed by atoms with van der Waals surface area (Å²) in [5, 5.41) is 10.2. The summed E-state index contributed by atoms with van der Waals surface area (Å²) in [5.74, 6) is 1.94. The maximum absolute atomic E-state index is 12.7. The normalized spacial score (nSPS) is 20.6. The first-order chi connectivity index (χ1) is 13.6. The van der Waals surface area contributed by atoms with Crippen molar-refractivity contribution in [2.75, 3.05) is 26.7 Å². The van der Waals surface area contributed by atoms with Crippen molar-refractivity contribution in [3.05, 3.63) is 16.1 Å². The molecule has 1 saturated heterocycles. The second-order valence-electron chi connectivity index (χ2n) is 8.33. The van der Waals surface area contributed by atoms with E-state index in [1.807, 2.05) is 0 Å². The minimum atomic E-state index is 0. The second kappa shape index (κ2) is 12.1. The second-order valence-corrected chi connectivity index (χ2v) is 9.22. The SMILES string of the molecule is CN=C(NCCc1csc(C(C)C)n1)NC1CCN(C(=O)C2CCCCC2)C1.I.